The van der Waals surface area contributed by atoms with Crippen molar-refractivity contribution in [3.8, 4) is 0 Å². The third-order valence-electron chi connectivity index (χ3n) is 1.59. The van der Waals surface area contributed by atoms with Gasteiger partial charge in [0.25, 0.3) is 5.91 Å². The Hall–Kier alpha value is -1.32. The van der Waals surface area contributed by atoms with Crippen LogP contribution in [0.5, 0.6) is 0 Å². The Balaban J connectivity index is 2.50. The molecular formula is C6H7N3O. The van der Waals surface area contributed by atoms with Crippen molar-refractivity contribution >= 4 is 5.91 Å². The van der Waals surface area contributed by atoms with Crippen molar-refractivity contribution in [1.82, 2.24) is 15.3 Å². The van der Waals surface area contributed by atoms with Crippen molar-refractivity contribution < 1.29 is 4.79 Å². The molecule has 52 valence electrons. The van der Waals surface area contributed by atoms with E-state index in [0.29, 0.717) is 12.2 Å². The minimum Gasteiger partial charge on any atom is -0.350 e. The quantitative estimate of drug-likeness (QED) is 0.515. The highest BCUT2D eigenvalue weighted by Crippen LogP contribution is 2.06. The molecule has 0 fully saturated rings. The highest BCUT2D eigenvalue weighted by Gasteiger charge is 2.17. The lowest BCUT2D eigenvalue weighted by atomic mass is 10.2. The zero-order valence-corrected chi connectivity index (χ0v) is 5.35. The number of carbonyl (C=O) groups is 1. The number of nitrogens with zero attached hydrogens (tertiary/aromatic N) is 1. The maximum atomic E-state index is 11.0. The van der Waals surface area contributed by atoms with E-state index in [1.54, 1.807) is 6.33 Å². The standard InChI is InChI=1S/C6H7N3O/c10-6-5-4(1-2-7-6)8-3-9-5/h3H,1-2H2,(H,7,10)(H,8,9). The molecule has 1 aromatic heterocycles. The first-order valence-corrected chi connectivity index (χ1v) is 3.18. The number of aromatic nitrogens is 2. The highest BCUT2D eigenvalue weighted by molar-refractivity contribution is 5.94. The van der Waals surface area contributed by atoms with E-state index < -0.39 is 0 Å². The normalized spacial score (nSPS) is 16.2. The fourth-order valence-electron chi connectivity index (χ4n) is 1.09. The van der Waals surface area contributed by atoms with Crippen LogP contribution in [0, 0.1) is 0 Å². The molecule has 2 heterocycles. The smallest absolute Gasteiger partial charge is 0.271 e. The molecule has 0 bridgehead atoms. The molecule has 2 N–H and O–H groups in total. The maximum Gasteiger partial charge on any atom is 0.271 e. The van der Waals surface area contributed by atoms with E-state index in [9.17, 15) is 4.79 Å². The molecule has 0 unspecified atom stereocenters. The summed E-state index contributed by atoms with van der Waals surface area (Å²) >= 11 is 0. The van der Waals surface area contributed by atoms with Gasteiger partial charge in [-0.3, -0.25) is 4.79 Å². The lowest BCUT2D eigenvalue weighted by Crippen LogP contribution is -2.31. The molecule has 4 heteroatoms. The summed E-state index contributed by atoms with van der Waals surface area (Å²) < 4.78 is 0. The van der Waals surface area contributed by atoms with Gasteiger partial charge in [-0.25, -0.2) is 4.98 Å². The zero-order valence-electron chi connectivity index (χ0n) is 5.35. The van der Waals surface area contributed by atoms with E-state index in [0.717, 1.165) is 12.1 Å². The van der Waals surface area contributed by atoms with Crippen molar-refractivity contribution in [2.24, 2.45) is 0 Å². The molecule has 10 heavy (non-hydrogen) atoms. The van der Waals surface area contributed by atoms with E-state index >= 15 is 0 Å². The molecule has 0 saturated carbocycles. The molecule has 0 radical (unpaired) electrons. The van der Waals surface area contributed by atoms with Crippen molar-refractivity contribution in [3.63, 3.8) is 0 Å². The predicted molar refractivity (Wildman–Crippen MR) is 34.6 cm³/mol. The number of rotatable bonds is 0. The Morgan fingerprint density at radius 3 is 3.30 bits per heavy atom. The second-order valence-corrected chi connectivity index (χ2v) is 2.24. The fraction of sp³-hybridized carbons (Fsp3) is 0.333. The molecule has 0 saturated heterocycles. The van der Waals surface area contributed by atoms with E-state index in [1.807, 2.05) is 0 Å². The fourth-order valence-corrected chi connectivity index (χ4v) is 1.09. The summed E-state index contributed by atoms with van der Waals surface area (Å²) in [4.78, 5) is 17.7. The van der Waals surface area contributed by atoms with E-state index in [2.05, 4.69) is 15.3 Å². The third-order valence-corrected chi connectivity index (χ3v) is 1.59. The second kappa shape index (κ2) is 1.83. The Morgan fingerprint density at radius 1 is 1.60 bits per heavy atom. The Labute approximate surface area is 57.7 Å². The summed E-state index contributed by atoms with van der Waals surface area (Å²) in [5.74, 6) is -0.0671. The summed E-state index contributed by atoms with van der Waals surface area (Å²) in [5, 5.41) is 2.70. The van der Waals surface area contributed by atoms with Gasteiger partial charge in [-0.05, 0) is 0 Å². The molecule has 0 aliphatic carbocycles. The topological polar surface area (TPSA) is 57.8 Å². The van der Waals surface area contributed by atoms with E-state index in [-0.39, 0.29) is 5.91 Å². The van der Waals surface area contributed by atoms with Crippen LogP contribution in [-0.4, -0.2) is 22.4 Å². The number of imidazole rings is 1. The van der Waals surface area contributed by atoms with Crippen LogP contribution in [0.4, 0.5) is 0 Å². The molecule has 2 rings (SSSR count). The van der Waals surface area contributed by atoms with Crippen LogP contribution in [0.15, 0.2) is 6.33 Å². The van der Waals surface area contributed by atoms with Gasteiger partial charge >= 0.3 is 0 Å². The van der Waals surface area contributed by atoms with Gasteiger partial charge in [0.15, 0.2) is 0 Å². The van der Waals surface area contributed by atoms with Gasteiger partial charge in [0, 0.05) is 18.7 Å². The number of hydrogen-bond acceptors (Lipinski definition) is 2. The molecule has 0 atom stereocenters. The first-order chi connectivity index (χ1) is 4.88. The van der Waals surface area contributed by atoms with Crippen LogP contribution in [0.1, 0.15) is 16.2 Å². The average molecular weight is 137 g/mol. The average Bonchev–Trinajstić information content (AvgIpc) is 2.36. The van der Waals surface area contributed by atoms with Gasteiger partial charge in [-0.15, -0.1) is 0 Å². The molecule has 4 nitrogen and oxygen atoms in total. The van der Waals surface area contributed by atoms with Crippen LogP contribution in [0.25, 0.3) is 0 Å². The molecule has 1 aliphatic heterocycles. The molecule has 0 spiro atoms. The molecule has 1 amide bonds. The van der Waals surface area contributed by atoms with Crippen molar-refractivity contribution in [2.75, 3.05) is 6.54 Å². The van der Waals surface area contributed by atoms with Gasteiger partial charge in [0.2, 0.25) is 0 Å². The zero-order chi connectivity index (χ0) is 6.97. The van der Waals surface area contributed by atoms with Gasteiger partial charge in [0.05, 0.1) is 6.33 Å². The van der Waals surface area contributed by atoms with Gasteiger partial charge in [-0.2, -0.15) is 0 Å². The van der Waals surface area contributed by atoms with Gasteiger partial charge < -0.3 is 10.3 Å². The van der Waals surface area contributed by atoms with E-state index in [4.69, 9.17) is 0 Å². The number of carbonyl (C=O) groups excluding carboxylic acids is 1. The monoisotopic (exact) mass is 137 g/mol. The van der Waals surface area contributed by atoms with Crippen LogP contribution >= 0.6 is 0 Å². The SMILES string of the molecule is O=C1NCCc2[nH]cnc21. The number of hydrogen-bond donors (Lipinski definition) is 2. The maximum absolute atomic E-state index is 11.0. The Bertz CT molecular complexity index is 266. The summed E-state index contributed by atoms with van der Waals surface area (Å²) in [6.45, 7) is 0.716. The number of nitrogens with one attached hydrogen (secondary N) is 2. The Morgan fingerprint density at radius 2 is 2.50 bits per heavy atom. The van der Waals surface area contributed by atoms with Crippen LogP contribution < -0.4 is 5.32 Å². The summed E-state index contributed by atoms with van der Waals surface area (Å²) in [6.07, 6.45) is 2.41. The van der Waals surface area contributed by atoms with Crippen molar-refractivity contribution in [2.45, 2.75) is 6.42 Å². The summed E-state index contributed by atoms with van der Waals surface area (Å²) in [5.41, 5.74) is 1.50. The van der Waals surface area contributed by atoms with Crippen molar-refractivity contribution in [1.29, 1.82) is 0 Å². The van der Waals surface area contributed by atoms with E-state index in [1.165, 1.54) is 0 Å². The van der Waals surface area contributed by atoms with Crippen LogP contribution in [0.2, 0.25) is 0 Å². The Kier molecular flexibility index (Phi) is 1.00. The van der Waals surface area contributed by atoms with Gasteiger partial charge in [-0.1, -0.05) is 0 Å². The lowest BCUT2D eigenvalue weighted by Gasteiger charge is -2.09. The minimum atomic E-state index is -0.0671. The van der Waals surface area contributed by atoms with Crippen LogP contribution in [0.3, 0.4) is 0 Å². The van der Waals surface area contributed by atoms with Gasteiger partial charge in [0.1, 0.15) is 5.69 Å². The number of amides is 1. The van der Waals surface area contributed by atoms with Crippen LogP contribution in [-0.2, 0) is 6.42 Å². The number of fused-ring (bicyclic) bond motifs is 1. The molecule has 1 aliphatic rings. The molecule has 1 aromatic rings. The van der Waals surface area contributed by atoms with Crippen molar-refractivity contribution in [3.05, 3.63) is 17.7 Å². The summed E-state index contributed by atoms with van der Waals surface area (Å²) in [7, 11) is 0. The highest BCUT2D eigenvalue weighted by atomic mass is 16.1. The number of H-pyrrole nitrogens is 1. The largest absolute Gasteiger partial charge is 0.350 e. The minimum absolute atomic E-state index is 0.0671. The third kappa shape index (κ3) is 0.618. The molecule has 0 aromatic carbocycles. The first-order valence-electron chi connectivity index (χ1n) is 3.18. The number of aromatic amines is 1. The first kappa shape index (κ1) is 5.46. The summed E-state index contributed by atoms with van der Waals surface area (Å²) in [6, 6.07) is 0. The second-order valence-electron chi connectivity index (χ2n) is 2.24. The molecular weight excluding hydrogens is 130 g/mol. The lowest BCUT2D eigenvalue weighted by molar-refractivity contribution is 0.0941. The predicted octanol–water partition coefficient (Wildman–Crippen LogP) is -0.304.